The topological polar surface area (TPSA) is 87.7 Å². The summed E-state index contributed by atoms with van der Waals surface area (Å²) in [5.41, 5.74) is 0.652. The van der Waals surface area contributed by atoms with Crippen LogP contribution >= 0.6 is 22.9 Å². The second-order valence-corrected chi connectivity index (χ2v) is 9.07. The van der Waals surface area contributed by atoms with E-state index in [-0.39, 0.29) is 43.5 Å². The Morgan fingerprint density at radius 3 is 2.53 bits per heavy atom. The van der Waals surface area contributed by atoms with Gasteiger partial charge in [-0.25, -0.2) is 0 Å². The summed E-state index contributed by atoms with van der Waals surface area (Å²) < 4.78 is 5.19. The zero-order chi connectivity index (χ0) is 22.9. The lowest BCUT2D eigenvalue weighted by Crippen LogP contribution is -2.49. The van der Waals surface area contributed by atoms with Crippen LogP contribution < -0.4 is 10.6 Å². The zero-order valence-corrected chi connectivity index (χ0v) is 19.6. The molecule has 0 radical (unpaired) electrons. The average molecular weight is 478 g/mol. The number of methoxy groups -OCH3 is 1. The molecule has 3 amide bonds. The van der Waals surface area contributed by atoms with Crippen molar-refractivity contribution in [1.29, 1.82) is 0 Å². The quantitative estimate of drug-likeness (QED) is 0.549. The van der Waals surface area contributed by atoms with Gasteiger partial charge in [0.2, 0.25) is 11.8 Å². The van der Waals surface area contributed by atoms with E-state index in [9.17, 15) is 14.4 Å². The molecule has 172 valence electrons. The molecule has 3 rings (SSSR count). The van der Waals surface area contributed by atoms with Crippen molar-refractivity contribution in [3.63, 3.8) is 0 Å². The Hall–Kier alpha value is -2.42. The van der Waals surface area contributed by atoms with Crippen LogP contribution in [0.15, 0.2) is 41.8 Å². The predicted octanol–water partition coefficient (Wildman–Crippen LogP) is 3.41. The van der Waals surface area contributed by atoms with Gasteiger partial charge >= 0.3 is 0 Å². The summed E-state index contributed by atoms with van der Waals surface area (Å²) in [7, 11) is 1.54. The van der Waals surface area contributed by atoms with Crippen molar-refractivity contribution in [2.24, 2.45) is 0 Å². The van der Waals surface area contributed by atoms with Gasteiger partial charge in [-0.1, -0.05) is 42.6 Å². The van der Waals surface area contributed by atoms with Crippen LogP contribution in [0.2, 0.25) is 5.02 Å². The summed E-state index contributed by atoms with van der Waals surface area (Å²) in [6, 6.07) is 9.62. The summed E-state index contributed by atoms with van der Waals surface area (Å²) in [5, 5.41) is 8.10. The number of halogens is 1. The summed E-state index contributed by atoms with van der Waals surface area (Å²) in [6.45, 7) is 0.238. The molecular formula is C23H28ClN3O4S. The van der Waals surface area contributed by atoms with Crippen molar-refractivity contribution in [3.8, 4) is 0 Å². The van der Waals surface area contributed by atoms with Gasteiger partial charge in [-0.2, -0.15) is 0 Å². The molecule has 2 aromatic rings. The normalized spacial score (nSPS) is 14.7. The molecule has 0 spiro atoms. The van der Waals surface area contributed by atoms with Crippen LogP contribution in [-0.2, 0) is 14.3 Å². The summed E-state index contributed by atoms with van der Waals surface area (Å²) in [4.78, 5) is 40.8. The second kappa shape index (κ2) is 12.0. The van der Waals surface area contributed by atoms with Crippen molar-refractivity contribution in [2.45, 2.75) is 37.8 Å². The van der Waals surface area contributed by atoms with Crippen LogP contribution in [0.1, 0.15) is 47.0 Å². The predicted molar refractivity (Wildman–Crippen MR) is 125 cm³/mol. The van der Waals surface area contributed by atoms with Crippen molar-refractivity contribution < 1.29 is 19.1 Å². The lowest BCUT2D eigenvalue weighted by Gasteiger charge is -2.32. The van der Waals surface area contributed by atoms with Crippen molar-refractivity contribution >= 4 is 40.7 Å². The van der Waals surface area contributed by atoms with Crippen LogP contribution in [0.5, 0.6) is 0 Å². The Morgan fingerprint density at radius 2 is 1.91 bits per heavy atom. The largest absolute Gasteiger partial charge is 0.383 e. The van der Waals surface area contributed by atoms with E-state index in [2.05, 4.69) is 10.6 Å². The molecule has 0 saturated heterocycles. The third kappa shape index (κ3) is 6.54. The lowest BCUT2D eigenvalue weighted by molar-refractivity contribution is -0.141. The maximum absolute atomic E-state index is 13.4. The summed E-state index contributed by atoms with van der Waals surface area (Å²) in [5.74, 6) is -0.930. The van der Waals surface area contributed by atoms with Gasteiger partial charge in [-0.3, -0.25) is 14.4 Å². The van der Waals surface area contributed by atoms with Crippen molar-refractivity contribution in [1.82, 2.24) is 15.5 Å². The maximum atomic E-state index is 13.4. The van der Waals surface area contributed by atoms with Gasteiger partial charge in [0.25, 0.3) is 5.91 Å². The number of nitrogens with zero attached hydrogens (tertiary/aromatic N) is 1. The monoisotopic (exact) mass is 477 g/mol. The van der Waals surface area contributed by atoms with Crippen LogP contribution in [0.25, 0.3) is 0 Å². The SMILES string of the molecule is COCCN(C(=O)CNC(=O)c1cccs1)C(C(=O)NC1CCCC1)c1ccc(Cl)cc1. The number of thiophene rings is 1. The van der Waals surface area contributed by atoms with E-state index in [1.165, 1.54) is 23.3 Å². The molecule has 1 aromatic heterocycles. The minimum Gasteiger partial charge on any atom is -0.383 e. The first-order valence-corrected chi connectivity index (χ1v) is 11.9. The van der Waals surface area contributed by atoms with Gasteiger partial charge in [0.1, 0.15) is 6.04 Å². The fourth-order valence-electron chi connectivity index (χ4n) is 3.81. The number of carbonyl (C=O) groups is 3. The van der Waals surface area contributed by atoms with E-state index in [1.54, 1.807) is 41.8 Å². The van der Waals surface area contributed by atoms with Crippen LogP contribution in [0, 0.1) is 0 Å². The van der Waals surface area contributed by atoms with Gasteiger partial charge in [0.15, 0.2) is 0 Å². The minimum absolute atomic E-state index is 0.107. The fraction of sp³-hybridized carbons (Fsp3) is 0.435. The van der Waals surface area contributed by atoms with Crippen molar-refractivity contribution in [3.05, 3.63) is 57.2 Å². The zero-order valence-electron chi connectivity index (χ0n) is 18.0. The number of hydrogen-bond acceptors (Lipinski definition) is 5. The summed E-state index contributed by atoms with van der Waals surface area (Å²) in [6.07, 6.45) is 4.03. The molecule has 7 nitrogen and oxygen atoms in total. The molecule has 2 N–H and O–H groups in total. The maximum Gasteiger partial charge on any atom is 0.261 e. The van der Waals surface area contributed by atoms with Crippen LogP contribution in [0.4, 0.5) is 0 Å². The molecule has 1 atom stereocenters. The molecule has 1 saturated carbocycles. The molecule has 1 aliphatic rings. The molecule has 1 aromatic carbocycles. The Kier molecular flexibility index (Phi) is 9.08. The highest BCUT2D eigenvalue weighted by atomic mass is 35.5. The van der Waals surface area contributed by atoms with E-state index >= 15 is 0 Å². The molecule has 1 fully saturated rings. The van der Waals surface area contributed by atoms with Gasteiger partial charge < -0.3 is 20.3 Å². The Labute approximate surface area is 197 Å². The fourth-order valence-corrected chi connectivity index (χ4v) is 4.57. The van der Waals surface area contributed by atoms with E-state index in [0.717, 1.165) is 25.7 Å². The molecule has 9 heteroatoms. The second-order valence-electron chi connectivity index (χ2n) is 7.68. The van der Waals surface area contributed by atoms with Crippen LogP contribution in [-0.4, -0.2) is 55.5 Å². The highest BCUT2D eigenvalue weighted by molar-refractivity contribution is 7.12. The highest BCUT2D eigenvalue weighted by Gasteiger charge is 2.33. The lowest BCUT2D eigenvalue weighted by atomic mass is 10.0. The number of benzene rings is 1. The number of hydrogen-bond donors (Lipinski definition) is 2. The number of rotatable bonds is 10. The molecule has 0 aliphatic heterocycles. The van der Waals surface area contributed by atoms with E-state index < -0.39 is 6.04 Å². The highest BCUT2D eigenvalue weighted by Crippen LogP contribution is 2.25. The third-order valence-corrected chi connectivity index (χ3v) is 6.57. The number of ether oxygens (including phenoxy) is 1. The van der Waals surface area contributed by atoms with E-state index in [0.29, 0.717) is 15.5 Å². The first kappa shape index (κ1) is 24.2. The molecule has 1 aliphatic carbocycles. The Balaban J connectivity index is 1.81. The first-order valence-electron chi connectivity index (χ1n) is 10.7. The van der Waals surface area contributed by atoms with E-state index in [1.807, 2.05) is 0 Å². The first-order chi connectivity index (χ1) is 15.5. The van der Waals surface area contributed by atoms with Gasteiger partial charge in [0, 0.05) is 24.7 Å². The number of nitrogens with one attached hydrogen (secondary N) is 2. The average Bonchev–Trinajstić information content (AvgIpc) is 3.50. The Morgan fingerprint density at radius 1 is 1.19 bits per heavy atom. The van der Waals surface area contributed by atoms with Gasteiger partial charge in [0.05, 0.1) is 18.0 Å². The smallest absolute Gasteiger partial charge is 0.261 e. The Bertz CT molecular complexity index is 898. The molecule has 0 bridgehead atoms. The van der Waals surface area contributed by atoms with E-state index in [4.69, 9.17) is 16.3 Å². The molecule has 32 heavy (non-hydrogen) atoms. The van der Waals surface area contributed by atoms with Gasteiger partial charge in [-0.15, -0.1) is 11.3 Å². The standard InChI is InChI=1S/C23H28ClN3O4S/c1-31-13-12-27(20(28)15-25-22(29)19-7-4-14-32-19)21(16-8-10-17(24)11-9-16)23(30)26-18-5-2-3-6-18/h4,7-11,14,18,21H,2-3,5-6,12-13,15H2,1H3,(H,25,29)(H,26,30). The summed E-state index contributed by atoms with van der Waals surface area (Å²) >= 11 is 7.34. The van der Waals surface area contributed by atoms with Gasteiger partial charge in [-0.05, 0) is 42.0 Å². The number of carbonyl (C=O) groups excluding carboxylic acids is 3. The molecule has 1 heterocycles. The van der Waals surface area contributed by atoms with Crippen molar-refractivity contribution in [2.75, 3.05) is 26.8 Å². The third-order valence-electron chi connectivity index (χ3n) is 5.45. The molecular weight excluding hydrogens is 450 g/mol. The number of amides is 3. The molecule has 1 unspecified atom stereocenters. The van der Waals surface area contributed by atoms with Crippen LogP contribution in [0.3, 0.4) is 0 Å². The minimum atomic E-state index is -0.853.